The number of non-ortho nitro benzene ring substituents is 1. The van der Waals surface area contributed by atoms with Gasteiger partial charge in [-0.25, -0.2) is 0 Å². The van der Waals surface area contributed by atoms with Crippen molar-refractivity contribution >= 4 is 33.0 Å². The molecule has 0 atom stereocenters. The molecule has 1 aromatic carbocycles. The SMILES string of the molecule is CCN1CCN(C(=O)c2cc3cc([N+](=O)[O-])ccc3s2)CC1. The maximum absolute atomic E-state index is 12.6. The molecule has 1 fully saturated rings. The highest BCUT2D eigenvalue weighted by molar-refractivity contribution is 7.20. The lowest BCUT2D eigenvalue weighted by molar-refractivity contribution is -0.384. The van der Waals surface area contributed by atoms with Gasteiger partial charge in [0.2, 0.25) is 0 Å². The van der Waals surface area contributed by atoms with E-state index in [1.54, 1.807) is 12.1 Å². The molecule has 7 heteroatoms. The van der Waals surface area contributed by atoms with E-state index < -0.39 is 4.92 Å². The zero-order valence-electron chi connectivity index (χ0n) is 12.3. The number of thiophene rings is 1. The summed E-state index contributed by atoms with van der Waals surface area (Å²) in [6.45, 7) is 6.41. The van der Waals surface area contributed by atoms with E-state index >= 15 is 0 Å². The predicted octanol–water partition coefficient (Wildman–Crippen LogP) is 2.59. The minimum atomic E-state index is -0.414. The van der Waals surface area contributed by atoms with Crippen molar-refractivity contribution in [2.75, 3.05) is 32.7 Å². The summed E-state index contributed by atoms with van der Waals surface area (Å²) in [4.78, 5) is 27.8. The molecule has 0 saturated carbocycles. The molecule has 116 valence electrons. The monoisotopic (exact) mass is 319 g/mol. The Morgan fingerprint density at radius 3 is 2.64 bits per heavy atom. The lowest BCUT2D eigenvalue weighted by atomic mass is 10.2. The summed E-state index contributed by atoms with van der Waals surface area (Å²) in [6, 6.07) is 6.48. The van der Waals surface area contributed by atoms with Gasteiger partial charge in [0.25, 0.3) is 11.6 Å². The molecule has 2 heterocycles. The van der Waals surface area contributed by atoms with Gasteiger partial charge in [-0.15, -0.1) is 11.3 Å². The van der Waals surface area contributed by atoms with Gasteiger partial charge in [-0.1, -0.05) is 6.92 Å². The molecule has 0 radical (unpaired) electrons. The first-order chi connectivity index (χ1) is 10.6. The molecule has 0 aliphatic carbocycles. The normalized spacial score (nSPS) is 16.1. The first kappa shape index (κ1) is 14.9. The number of rotatable bonds is 3. The molecule has 0 N–H and O–H groups in total. The van der Waals surface area contributed by atoms with Crippen LogP contribution < -0.4 is 0 Å². The van der Waals surface area contributed by atoms with E-state index in [0.29, 0.717) is 4.88 Å². The standard InChI is InChI=1S/C15H17N3O3S/c1-2-16-5-7-17(8-6-16)15(19)14-10-11-9-12(18(20)21)3-4-13(11)22-14/h3-4,9-10H,2,5-8H2,1H3. The summed E-state index contributed by atoms with van der Waals surface area (Å²) in [5.74, 6) is 0.0274. The Labute approximate surface area is 132 Å². The molecule has 1 saturated heterocycles. The minimum absolute atomic E-state index is 0.0274. The van der Waals surface area contributed by atoms with Crippen LogP contribution in [0.25, 0.3) is 10.1 Å². The van der Waals surface area contributed by atoms with Gasteiger partial charge < -0.3 is 9.80 Å². The highest BCUT2D eigenvalue weighted by atomic mass is 32.1. The summed E-state index contributed by atoms with van der Waals surface area (Å²) in [5, 5.41) is 11.6. The number of fused-ring (bicyclic) bond motifs is 1. The summed E-state index contributed by atoms with van der Waals surface area (Å²) in [7, 11) is 0. The molecular formula is C15H17N3O3S. The van der Waals surface area contributed by atoms with E-state index in [1.807, 2.05) is 4.90 Å². The van der Waals surface area contributed by atoms with Gasteiger partial charge in [0.15, 0.2) is 0 Å². The zero-order chi connectivity index (χ0) is 15.7. The lowest BCUT2D eigenvalue weighted by Gasteiger charge is -2.33. The summed E-state index contributed by atoms with van der Waals surface area (Å²) in [6.07, 6.45) is 0. The molecule has 0 unspecified atom stereocenters. The predicted molar refractivity (Wildman–Crippen MR) is 86.5 cm³/mol. The third kappa shape index (κ3) is 2.82. The van der Waals surface area contributed by atoms with Gasteiger partial charge in [0.05, 0.1) is 9.80 Å². The van der Waals surface area contributed by atoms with E-state index in [2.05, 4.69) is 11.8 Å². The van der Waals surface area contributed by atoms with Crippen molar-refractivity contribution in [1.29, 1.82) is 0 Å². The van der Waals surface area contributed by atoms with Crippen LogP contribution in [-0.4, -0.2) is 53.4 Å². The van der Waals surface area contributed by atoms with E-state index in [0.717, 1.165) is 42.8 Å². The Hall–Kier alpha value is -1.99. The highest BCUT2D eigenvalue weighted by Gasteiger charge is 2.23. The van der Waals surface area contributed by atoms with E-state index in [4.69, 9.17) is 0 Å². The lowest BCUT2D eigenvalue weighted by Crippen LogP contribution is -2.48. The molecule has 6 nitrogen and oxygen atoms in total. The topological polar surface area (TPSA) is 66.7 Å². The van der Waals surface area contributed by atoms with Gasteiger partial charge in [-0.2, -0.15) is 0 Å². The van der Waals surface area contributed by atoms with Gasteiger partial charge >= 0.3 is 0 Å². The molecule has 0 bridgehead atoms. The van der Waals surface area contributed by atoms with Crippen LogP contribution in [0.2, 0.25) is 0 Å². The van der Waals surface area contributed by atoms with Crippen molar-refractivity contribution in [2.24, 2.45) is 0 Å². The molecular weight excluding hydrogens is 302 g/mol. The fraction of sp³-hybridized carbons (Fsp3) is 0.400. The van der Waals surface area contributed by atoms with E-state index in [9.17, 15) is 14.9 Å². The van der Waals surface area contributed by atoms with Crippen molar-refractivity contribution < 1.29 is 9.72 Å². The van der Waals surface area contributed by atoms with Crippen LogP contribution in [-0.2, 0) is 0 Å². The van der Waals surface area contributed by atoms with Crippen molar-refractivity contribution in [2.45, 2.75) is 6.92 Å². The quantitative estimate of drug-likeness (QED) is 0.644. The number of nitro benzene ring substituents is 1. The van der Waals surface area contributed by atoms with Crippen LogP contribution in [0.3, 0.4) is 0 Å². The number of likely N-dealkylation sites (N-methyl/N-ethyl adjacent to an activating group) is 1. The fourth-order valence-electron chi connectivity index (χ4n) is 2.67. The van der Waals surface area contributed by atoms with Crippen LogP contribution in [0.5, 0.6) is 0 Å². The minimum Gasteiger partial charge on any atom is -0.335 e. The second-order valence-corrected chi connectivity index (χ2v) is 6.40. The number of hydrogen-bond donors (Lipinski definition) is 0. The highest BCUT2D eigenvalue weighted by Crippen LogP contribution is 2.29. The second-order valence-electron chi connectivity index (χ2n) is 5.32. The molecule has 3 rings (SSSR count). The Morgan fingerprint density at radius 2 is 2.00 bits per heavy atom. The van der Waals surface area contributed by atoms with Gasteiger partial charge in [-0.3, -0.25) is 14.9 Å². The van der Waals surface area contributed by atoms with E-state index in [-0.39, 0.29) is 11.6 Å². The largest absolute Gasteiger partial charge is 0.335 e. The molecule has 22 heavy (non-hydrogen) atoms. The number of amides is 1. The second kappa shape index (κ2) is 6.02. The number of benzene rings is 1. The Kier molecular flexibility index (Phi) is 4.08. The van der Waals surface area contributed by atoms with Crippen LogP contribution in [0.1, 0.15) is 16.6 Å². The number of carbonyl (C=O) groups excluding carboxylic acids is 1. The van der Waals surface area contributed by atoms with Crippen LogP contribution in [0.4, 0.5) is 5.69 Å². The molecule has 1 aliphatic rings. The van der Waals surface area contributed by atoms with Crippen molar-refractivity contribution in [1.82, 2.24) is 9.80 Å². The maximum atomic E-state index is 12.6. The van der Waals surface area contributed by atoms with E-state index in [1.165, 1.54) is 23.5 Å². The maximum Gasteiger partial charge on any atom is 0.270 e. The summed E-state index contributed by atoms with van der Waals surface area (Å²) < 4.78 is 0.904. The first-order valence-electron chi connectivity index (χ1n) is 7.28. The van der Waals surface area contributed by atoms with Gasteiger partial charge in [0.1, 0.15) is 0 Å². The van der Waals surface area contributed by atoms with Crippen molar-refractivity contribution in [3.8, 4) is 0 Å². The summed E-state index contributed by atoms with van der Waals surface area (Å²) >= 11 is 1.40. The first-order valence-corrected chi connectivity index (χ1v) is 8.09. The van der Waals surface area contributed by atoms with Crippen LogP contribution >= 0.6 is 11.3 Å². The summed E-state index contributed by atoms with van der Waals surface area (Å²) in [5.41, 5.74) is 0.0564. The van der Waals surface area contributed by atoms with Crippen LogP contribution in [0, 0.1) is 10.1 Å². The van der Waals surface area contributed by atoms with Crippen molar-refractivity contribution in [3.63, 3.8) is 0 Å². The fourth-order valence-corrected chi connectivity index (χ4v) is 3.68. The van der Waals surface area contributed by atoms with Crippen LogP contribution in [0.15, 0.2) is 24.3 Å². The number of carbonyl (C=O) groups is 1. The molecule has 0 spiro atoms. The van der Waals surface area contributed by atoms with Gasteiger partial charge in [0, 0.05) is 48.4 Å². The number of nitro groups is 1. The molecule has 2 aromatic rings. The third-order valence-corrected chi connectivity index (χ3v) is 5.13. The number of hydrogen-bond acceptors (Lipinski definition) is 5. The van der Waals surface area contributed by atoms with Crippen molar-refractivity contribution in [3.05, 3.63) is 39.3 Å². The molecule has 1 aliphatic heterocycles. The Morgan fingerprint density at radius 1 is 1.27 bits per heavy atom. The Balaban J connectivity index is 1.81. The average Bonchev–Trinajstić information content (AvgIpc) is 2.97. The smallest absolute Gasteiger partial charge is 0.270 e. The third-order valence-electron chi connectivity index (χ3n) is 4.03. The Bertz CT molecular complexity index is 720. The number of piperazine rings is 1. The zero-order valence-corrected chi connectivity index (χ0v) is 13.1. The van der Waals surface area contributed by atoms with Gasteiger partial charge in [-0.05, 0) is 18.7 Å². The molecule has 1 aromatic heterocycles. The molecule has 1 amide bonds. The average molecular weight is 319 g/mol. The number of nitrogens with zero attached hydrogens (tertiary/aromatic N) is 3.